The number of nitrogens with zero attached hydrogens (tertiary/aromatic N) is 1. The molecule has 0 aromatic heterocycles. The highest BCUT2D eigenvalue weighted by molar-refractivity contribution is 9.10. The summed E-state index contributed by atoms with van der Waals surface area (Å²) in [6, 6.07) is 11.4. The number of rotatable bonds is 6. The topological polar surface area (TPSA) is 78.5 Å². The van der Waals surface area contributed by atoms with E-state index in [0.717, 1.165) is 33.5 Å². The van der Waals surface area contributed by atoms with Crippen molar-refractivity contribution >= 4 is 38.0 Å². The predicted molar refractivity (Wildman–Crippen MR) is 141 cm³/mol. The average molecular weight is 616 g/mol. The first kappa shape index (κ1) is 27.4. The van der Waals surface area contributed by atoms with Crippen molar-refractivity contribution in [2.75, 3.05) is 40.4 Å². The molecule has 2 aliphatic rings. The van der Waals surface area contributed by atoms with E-state index in [1.165, 1.54) is 0 Å². The third-order valence-electron chi connectivity index (χ3n) is 5.08. The fourth-order valence-electron chi connectivity index (χ4n) is 3.17. The maximum absolute atomic E-state index is 11.8. The van der Waals surface area contributed by atoms with Crippen molar-refractivity contribution in [1.82, 2.24) is 10.2 Å². The number of hydrogen-bond acceptors (Lipinski definition) is 7. The van der Waals surface area contributed by atoms with Crippen molar-refractivity contribution in [2.45, 2.75) is 38.6 Å². The Bertz CT molecular complexity index is 1000. The van der Waals surface area contributed by atoms with Crippen molar-refractivity contribution in [1.29, 1.82) is 0 Å². The lowest BCUT2D eigenvalue weighted by molar-refractivity contribution is -0.0226. The van der Waals surface area contributed by atoms with Crippen LogP contribution in [0.3, 0.4) is 0 Å². The van der Waals surface area contributed by atoms with Gasteiger partial charge in [0, 0.05) is 22.0 Å². The molecule has 0 atom stereocenters. The largest absolute Gasteiger partial charge is 0.493 e. The Hall–Kier alpha value is -2.17. The van der Waals surface area contributed by atoms with Gasteiger partial charge in [-0.15, -0.1) is 0 Å². The van der Waals surface area contributed by atoms with E-state index in [1.54, 1.807) is 19.1 Å². The number of amides is 1. The summed E-state index contributed by atoms with van der Waals surface area (Å²) in [4.78, 5) is 13.5. The average Bonchev–Trinajstić information content (AvgIpc) is 2.73. The van der Waals surface area contributed by atoms with Crippen molar-refractivity contribution in [3.8, 4) is 23.0 Å². The summed E-state index contributed by atoms with van der Waals surface area (Å²) in [5.74, 6) is 2.92. The maximum atomic E-state index is 11.8. The second kappa shape index (κ2) is 12.2. The van der Waals surface area contributed by atoms with E-state index in [4.69, 9.17) is 23.7 Å². The summed E-state index contributed by atoms with van der Waals surface area (Å²) in [5.41, 5.74) is -0.474. The van der Waals surface area contributed by atoms with E-state index in [0.29, 0.717) is 24.6 Å². The van der Waals surface area contributed by atoms with Gasteiger partial charge >= 0.3 is 6.09 Å². The molecule has 0 radical (unpaired) electrons. The lowest BCUT2D eigenvalue weighted by atomic mass is 10.1. The first-order chi connectivity index (χ1) is 16.6. The van der Waals surface area contributed by atoms with Crippen LogP contribution < -0.4 is 24.3 Å². The molecule has 2 aromatic carbocycles. The van der Waals surface area contributed by atoms with Crippen molar-refractivity contribution in [3.05, 3.63) is 45.3 Å². The zero-order valence-corrected chi connectivity index (χ0v) is 23.8. The third kappa shape index (κ3) is 8.18. The number of carbonyl (C=O) groups is 1. The Morgan fingerprint density at radius 2 is 1.34 bits per heavy atom. The van der Waals surface area contributed by atoms with Gasteiger partial charge in [-0.3, -0.25) is 0 Å². The molecule has 0 unspecified atom stereocenters. The molecular weight excluding hydrogens is 584 g/mol. The van der Waals surface area contributed by atoms with Crippen LogP contribution in [0.15, 0.2) is 45.3 Å². The van der Waals surface area contributed by atoms with Crippen LogP contribution in [0.4, 0.5) is 4.79 Å². The molecule has 192 valence electrons. The van der Waals surface area contributed by atoms with Gasteiger partial charge in [-0.05, 0) is 57.2 Å². The number of likely N-dealkylation sites (tertiary alicyclic amines) is 1. The van der Waals surface area contributed by atoms with Gasteiger partial charge in [0.1, 0.15) is 17.8 Å². The molecule has 0 bridgehead atoms. The monoisotopic (exact) mass is 614 g/mol. The normalized spacial score (nSPS) is 15.7. The standard InChI is InChI=1S/C15H20BrNO4.C10H12BrNO2/c1-15(2,3)21-14(18)17-8-11(9-17)20-12-6-5-10(16)7-13(12)19-4;1-13-10-4-7(11)2-3-9(10)14-8-5-12-6-8/h5-7,11H,8-9H2,1-4H3;2-4,8,12H,5-6H2,1H3. The Morgan fingerprint density at radius 1 is 0.857 bits per heavy atom. The van der Waals surface area contributed by atoms with E-state index < -0.39 is 5.60 Å². The molecule has 4 rings (SSSR count). The number of methoxy groups -OCH3 is 2. The quantitative estimate of drug-likeness (QED) is 0.475. The van der Waals surface area contributed by atoms with Gasteiger partial charge in [0.2, 0.25) is 0 Å². The van der Waals surface area contributed by atoms with E-state index in [9.17, 15) is 4.79 Å². The van der Waals surface area contributed by atoms with Crippen LogP contribution in [0.25, 0.3) is 0 Å². The van der Waals surface area contributed by atoms with E-state index in [2.05, 4.69) is 37.2 Å². The first-order valence-corrected chi connectivity index (χ1v) is 12.9. The molecule has 8 nitrogen and oxygen atoms in total. The van der Waals surface area contributed by atoms with Crippen molar-refractivity contribution < 1.29 is 28.5 Å². The molecule has 1 amide bonds. The van der Waals surface area contributed by atoms with Crippen LogP contribution in [-0.4, -0.2) is 69.2 Å². The van der Waals surface area contributed by atoms with Crippen LogP contribution in [0.1, 0.15) is 20.8 Å². The molecule has 0 saturated carbocycles. The zero-order chi connectivity index (χ0) is 25.6. The van der Waals surface area contributed by atoms with Crippen LogP contribution in [-0.2, 0) is 4.74 Å². The summed E-state index contributed by atoms with van der Waals surface area (Å²) < 4.78 is 29.3. The predicted octanol–water partition coefficient (Wildman–Crippen LogP) is 5.26. The number of nitrogens with one attached hydrogen (secondary N) is 1. The molecule has 35 heavy (non-hydrogen) atoms. The van der Waals surface area contributed by atoms with E-state index >= 15 is 0 Å². The molecule has 2 heterocycles. The Kier molecular flexibility index (Phi) is 9.54. The fourth-order valence-corrected chi connectivity index (χ4v) is 3.85. The summed E-state index contributed by atoms with van der Waals surface area (Å²) in [7, 11) is 3.25. The molecule has 10 heteroatoms. The van der Waals surface area contributed by atoms with Gasteiger partial charge in [-0.1, -0.05) is 31.9 Å². The zero-order valence-electron chi connectivity index (χ0n) is 20.6. The minimum absolute atomic E-state index is 0.0346. The second-order valence-corrected chi connectivity index (χ2v) is 10.9. The Morgan fingerprint density at radius 3 is 1.74 bits per heavy atom. The number of halogens is 2. The van der Waals surface area contributed by atoms with Gasteiger partial charge in [0.25, 0.3) is 0 Å². The van der Waals surface area contributed by atoms with Gasteiger partial charge in [-0.2, -0.15) is 0 Å². The Balaban J connectivity index is 0.000000211. The molecule has 1 N–H and O–H groups in total. The lowest BCUT2D eigenvalue weighted by Crippen LogP contribution is -2.57. The molecule has 2 aliphatic heterocycles. The molecule has 0 aliphatic carbocycles. The number of carbonyl (C=O) groups excluding carboxylic acids is 1. The van der Waals surface area contributed by atoms with Crippen molar-refractivity contribution in [3.63, 3.8) is 0 Å². The van der Waals surface area contributed by atoms with Gasteiger partial charge in [0.15, 0.2) is 23.0 Å². The molecular formula is C25H32Br2N2O6. The SMILES string of the molecule is COc1cc(Br)ccc1OC1CN(C(=O)OC(C)(C)C)C1.COc1cc(Br)ccc1OC1CNC1. The smallest absolute Gasteiger partial charge is 0.410 e. The van der Waals surface area contributed by atoms with E-state index in [-0.39, 0.29) is 18.3 Å². The van der Waals surface area contributed by atoms with Crippen LogP contribution in [0.5, 0.6) is 23.0 Å². The molecule has 2 saturated heterocycles. The number of benzene rings is 2. The second-order valence-electron chi connectivity index (χ2n) is 9.11. The van der Waals surface area contributed by atoms with Gasteiger partial charge < -0.3 is 33.9 Å². The fraction of sp³-hybridized carbons (Fsp3) is 0.480. The first-order valence-electron chi connectivity index (χ1n) is 11.3. The van der Waals surface area contributed by atoms with Gasteiger partial charge in [-0.25, -0.2) is 4.79 Å². The maximum Gasteiger partial charge on any atom is 0.410 e. The number of hydrogen-bond donors (Lipinski definition) is 1. The van der Waals surface area contributed by atoms with Crippen LogP contribution >= 0.6 is 31.9 Å². The Labute approximate surface area is 223 Å². The van der Waals surface area contributed by atoms with E-state index in [1.807, 2.05) is 57.2 Å². The highest BCUT2D eigenvalue weighted by Crippen LogP contribution is 2.33. The third-order valence-corrected chi connectivity index (χ3v) is 6.07. The molecule has 2 aromatic rings. The highest BCUT2D eigenvalue weighted by Gasteiger charge is 2.35. The van der Waals surface area contributed by atoms with Crippen LogP contribution in [0, 0.1) is 0 Å². The lowest BCUT2D eigenvalue weighted by Gasteiger charge is -2.39. The highest BCUT2D eigenvalue weighted by atomic mass is 79.9. The summed E-state index contributed by atoms with van der Waals surface area (Å²) in [6.07, 6.45) is -0.0530. The van der Waals surface area contributed by atoms with Gasteiger partial charge in [0.05, 0.1) is 27.3 Å². The number of ether oxygens (including phenoxy) is 5. The minimum atomic E-state index is -0.474. The summed E-state index contributed by atoms with van der Waals surface area (Å²) in [6.45, 7) is 8.43. The molecule has 2 fully saturated rings. The van der Waals surface area contributed by atoms with Crippen molar-refractivity contribution in [2.24, 2.45) is 0 Å². The minimum Gasteiger partial charge on any atom is -0.493 e. The van der Waals surface area contributed by atoms with Crippen LogP contribution in [0.2, 0.25) is 0 Å². The summed E-state index contributed by atoms with van der Waals surface area (Å²) >= 11 is 6.77. The summed E-state index contributed by atoms with van der Waals surface area (Å²) in [5, 5.41) is 3.16. The molecule has 0 spiro atoms.